The van der Waals surface area contributed by atoms with Crippen molar-refractivity contribution in [1.29, 1.82) is 0 Å². The van der Waals surface area contributed by atoms with Crippen LogP contribution in [0.3, 0.4) is 0 Å². The number of nitrogens with zero attached hydrogens (tertiary/aromatic N) is 1. The summed E-state index contributed by atoms with van der Waals surface area (Å²) in [6.45, 7) is 5.27. The lowest BCUT2D eigenvalue weighted by Crippen LogP contribution is -2.43. The molecule has 2 rings (SSSR count). The summed E-state index contributed by atoms with van der Waals surface area (Å²) in [5.41, 5.74) is 1.14. The molecule has 0 atom stereocenters. The molecule has 1 aliphatic rings. The fourth-order valence-corrected chi connectivity index (χ4v) is 2.04. The standard InChI is InChI=1S/C13H18F2N2/c1-2-13(14,15)11-3-5-12(6-4-11)17-9-7-16-8-10-17/h3-6,16H,2,7-10H2,1H3. The fraction of sp³-hybridized carbons (Fsp3) is 0.538. The Morgan fingerprint density at radius 2 is 1.76 bits per heavy atom. The summed E-state index contributed by atoms with van der Waals surface area (Å²) in [5.74, 6) is -2.71. The van der Waals surface area contributed by atoms with E-state index in [1.165, 1.54) is 6.92 Å². The molecule has 1 aromatic carbocycles. The Hall–Kier alpha value is -1.16. The van der Waals surface area contributed by atoms with Crippen molar-refractivity contribution in [2.45, 2.75) is 19.3 Å². The van der Waals surface area contributed by atoms with Gasteiger partial charge in [-0.2, -0.15) is 0 Å². The highest BCUT2D eigenvalue weighted by atomic mass is 19.3. The van der Waals surface area contributed by atoms with Crippen molar-refractivity contribution in [3.05, 3.63) is 29.8 Å². The van der Waals surface area contributed by atoms with E-state index in [0.717, 1.165) is 31.9 Å². The molecule has 1 saturated heterocycles. The summed E-state index contributed by atoms with van der Waals surface area (Å²) in [7, 11) is 0. The van der Waals surface area contributed by atoms with Crippen LogP contribution in [0.1, 0.15) is 18.9 Å². The first-order valence-corrected chi connectivity index (χ1v) is 6.07. The normalized spacial score (nSPS) is 17.2. The molecule has 4 heteroatoms. The number of rotatable bonds is 3. The SMILES string of the molecule is CCC(F)(F)c1ccc(N2CCNCC2)cc1. The quantitative estimate of drug-likeness (QED) is 0.873. The van der Waals surface area contributed by atoms with Gasteiger partial charge in [0.25, 0.3) is 5.92 Å². The third kappa shape index (κ3) is 2.75. The molecule has 2 nitrogen and oxygen atoms in total. The molecule has 0 spiro atoms. The second kappa shape index (κ2) is 5.00. The van der Waals surface area contributed by atoms with Crippen molar-refractivity contribution in [3.63, 3.8) is 0 Å². The molecule has 0 aliphatic carbocycles. The molecule has 1 fully saturated rings. The molecule has 1 aromatic rings. The monoisotopic (exact) mass is 240 g/mol. The first-order valence-electron chi connectivity index (χ1n) is 6.07. The molecule has 94 valence electrons. The van der Waals surface area contributed by atoms with E-state index in [1.54, 1.807) is 24.3 Å². The second-order valence-electron chi connectivity index (χ2n) is 4.34. The van der Waals surface area contributed by atoms with Crippen molar-refractivity contribution < 1.29 is 8.78 Å². The van der Waals surface area contributed by atoms with Gasteiger partial charge in [-0.1, -0.05) is 19.1 Å². The van der Waals surface area contributed by atoms with Crippen molar-refractivity contribution in [2.75, 3.05) is 31.1 Å². The van der Waals surface area contributed by atoms with Crippen molar-refractivity contribution in [2.24, 2.45) is 0 Å². The van der Waals surface area contributed by atoms with E-state index < -0.39 is 5.92 Å². The van der Waals surface area contributed by atoms with Crippen LogP contribution in [0.15, 0.2) is 24.3 Å². The lowest BCUT2D eigenvalue weighted by molar-refractivity contribution is -0.00827. The van der Waals surface area contributed by atoms with Crippen molar-refractivity contribution in [1.82, 2.24) is 5.32 Å². The van der Waals surface area contributed by atoms with Gasteiger partial charge in [0.05, 0.1) is 0 Å². The highest BCUT2D eigenvalue weighted by Crippen LogP contribution is 2.32. The van der Waals surface area contributed by atoms with Crippen LogP contribution in [0, 0.1) is 0 Å². The third-order valence-electron chi connectivity index (χ3n) is 3.22. The van der Waals surface area contributed by atoms with Crippen LogP contribution < -0.4 is 10.2 Å². The highest BCUT2D eigenvalue weighted by molar-refractivity contribution is 5.48. The average molecular weight is 240 g/mol. The van der Waals surface area contributed by atoms with Crippen molar-refractivity contribution in [3.8, 4) is 0 Å². The van der Waals surface area contributed by atoms with E-state index in [4.69, 9.17) is 0 Å². The van der Waals surface area contributed by atoms with Gasteiger partial charge in [0.2, 0.25) is 0 Å². The van der Waals surface area contributed by atoms with E-state index in [0.29, 0.717) is 0 Å². The second-order valence-corrected chi connectivity index (χ2v) is 4.34. The number of piperazine rings is 1. The smallest absolute Gasteiger partial charge is 0.273 e. The summed E-state index contributed by atoms with van der Waals surface area (Å²) in [6, 6.07) is 6.68. The third-order valence-corrected chi connectivity index (χ3v) is 3.22. The van der Waals surface area contributed by atoms with Crippen LogP contribution in [0.5, 0.6) is 0 Å². The minimum Gasteiger partial charge on any atom is -0.369 e. The summed E-state index contributed by atoms with van der Waals surface area (Å²) < 4.78 is 26.9. The number of benzene rings is 1. The molecular formula is C13H18F2N2. The Kier molecular flexibility index (Phi) is 3.62. The molecule has 1 aliphatic heterocycles. The zero-order valence-electron chi connectivity index (χ0n) is 10.0. The van der Waals surface area contributed by atoms with Gasteiger partial charge in [0.1, 0.15) is 0 Å². The van der Waals surface area contributed by atoms with Crippen LogP contribution in [-0.4, -0.2) is 26.2 Å². The summed E-state index contributed by atoms with van der Waals surface area (Å²) in [4.78, 5) is 2.21. The molecule has 0 radical (unpaired) electrons. The van der Waals surface area contributed by atoms with Crippen LogP contribution in [0.2, 0.25) is 0 Å². The topological polar surface area (TPSA) is 15.3 Å². The predicted octanol–water partition coefficient (Wildman–Crippen LogP) is 2.60. The Morgan fingerprint density at radius 1 is 1.18 bits per heavy atom. The Balaban J connectivity index is 2.12. The van der Waals surface area contributed by atoms with Gasteiger partial charge in [-0.25, -0.2) is 8.78 Å². The van der Waals surface area contributed by atoms with Gasteiger partial charge >= 0.3 is 0 Å². The minimum atomic E-state index is -2.71. The van der Waals surface area contributed by atoms with E-state index >= 15 is 0 Å². The molecule has 1 heterocycles. The van der Waals surface area contributed by atoms with Crippen LogP contribution >= 0.6 is 0 Å². The summed E-state index contributed by atoms with van der Waals surface area (Å²) in [5, 5.41) is 3.27. The number of halogens is 2. The number of hydrogen-bond donors (Lipinski definition) is 1. The Bertz CT molecular complexity index is 356. The molecule has 1 N–H and O–H groups in total. The first kappa shape index (κ1) is 12.3. The molecule has 0 unspecified atom stereocenters. The van der Waals surface area contributed by atoms with Gasteiger partial charge in [-0.15, -0.1) is 0 Å². The van der Waals surface area contributed by atoms with E-state index in [1.807, 2.05) is 0 Å². The zero-order chi connectivity index (χ0) is 12.3. The number of hydrogen-bond acceptors (Lipinski definition) is 2. The van der Waals surface area contributed by atoms with Crippen LogP contribution in [-0.2, 0) is 5.92 Å². The highest BCUT2D eigenvalue weighted by Gasteiger charge is 2.28. The fourth-order valence-electron chi connectivity index (χ4n) is 2.04. The molecular weight excluding hydrogens is 222 g/mol. The van der Waals surface area contributed by atoms with Crippen molar-refractivity contribution >= 4 is 5.69 Å². The Labute approximate surface area is 101 Å². The number of anilines is 1. The van der Waals surface area contributed by atoms with Gasteiger partial charge < -0.3 is 10.2 Å². The Morgan fingerprint density at radius 3 is 2.29 bits per heavy atom. The number of nitrogens with one attached hydrogen (secondary N) is 1. The van der Waals surface area contributed by atoms with Gasteiger partial charge in [0, 0.05) is 43.9 Å². The van der Waals surface area contributed by atoms with E-state index in [2.05, 4.69) is 10.2 Å². The maximum Gasteiger partial charge on any atom is 0.273 e. The predicted molar refractivity (Wildman–Crippen MR) is 65.7 cm³/mol. The zero-order valence-corrected chi connectivity index (χ0v) is 10.0. The average Bonchev–Trinajstić information content (AvgIpc) is 2.40. The van der Waals surface area contributed by atoms with Crippen LogP contribution in [0.25, 0.3) is 0 Å². The molecule has 0 bridgehead atoms. The lowest BCUT2D eigenvalue weighted by atomic mass is 10.1. The maximum atomic E-state index is 13.4. The largest absolute Gasteiger partial charge is 0.369 e. The van der Waals surface area contributed by atoms with E-state index in [9.17, 15) is 8.78 Å². The molecule has 0 aromatic heterocycles. The van der Waals surface area contributed by atoms with Gasteiger partial charge in [0.15, 0.2) is 0 Å². The maximum absolute atomic E-state index is 13.4. The minimum absolute atomic E-state index is 0.110. The molecule has 0 saturated carbocycles. The number of alkyl halides is 2. The summed E-state index contributed by atoms with van der Waals surface area (Å²) in [6.07, 6.45) is -0.153. The molecule has 17 heavy (non-hydrogen) atoms. The van der Waals surface area contributed by atoms with Gasteiger partial charge in [-0.3, -0.25) is 0 Å². The first-order chi connectivity index (χ1) is 8.13. The summed E-state index contributed by atoms with van der Waals surface area (Å²) >= 11 is 0. The van der Waals surface area contributed by atoms with Crippen LogP contribution in [0.4, 0.5) is 14.5 Å². The molecule has 0 amide bonds. The van der Waals surface area contributed by atoms with Gasteiger partial charge in [-0.05, 0) is 12.1 Å². The lowest BCUT2D eigenvalue weighted by Gasteiger charge is -2.29. The van der Waals surface area contributed by atoms with E-state index in [-0.39, 0.29) is 12.0 Å².